The highest BCUT2D eigenvalue weighted by Gasteiger charge is 2.35. The molecule has 3 rings (SSSR count). The van der Waals surface area contributed by atoms with E-state index in [4.69, 9.17) is 4.74 Å². The van der Waals surface area contributed by atoms with E-state index in [0.29, 0.717) is 12.2 Å². The highest BCUT2D eigenvalue weighted by Crippen LogP contribution is 2.46. The van der Waals surface area contributed by atoms with Crippen molar-refractivity contribution in [3.8, 4) is 0 Å². The Morgan fingerprint density at radius 2 is 1.87 bits per heavy atom. The van der Waals surface area contributed by atoms with Gasteiger partial charge in [-0.1, -0.05) is 43.0 Å². The molecule has 0 saturated heterocycles. The second-order valence-electron chi connectivity index (χ2n) is 4.91. The van der Waals surface area contributed by atoms with Gasteiger partial charge in [-0.05, 0) is 30.9 Å². The van der Waals surface area contributed by atoms with Crippen LogP contribution in [0.25, 0.3) is 0 Å². The van der Waals surface area contributed by atoms with E-state index >= 15 is 0 Å². The fourth-order valence-corrected chi connectivity index (χ4v) is 2.63. The van der Waals surface area contributed by atoms with Crippen LogP contribution in [0.5, 0.6) is 0 Å². The van der Waals surface area contributed by atoms with Gasteiger partial charge in [-0.25, -0.2) is 0 Å². The second kappa shape index (κ2) is 3.64. The van der Waals surface area contributed by atoms with Gasteiger partial charge >= 0.3 is 0 Å². The van der Waals surface area contributed by atoms with E-state index in [1.165, 1.54) is 48.8 Å². The smallest absolute Gasteiger partial charge is 0.109 e. The summed E-state index contributed by atoms with van der Waals surface area (Å²) < 4.78 is 6.13. The Bertz CT molecular complexity index is 364. The molecule has 0 radical (unpaired) electrons. The van der Waals surface area contributed by atoms with Gasteiger partial charge in [0.25, 0.3) is 0 Å². The molecule has 80 valence electrons. The normalized spacial score (nSPS) is 25.0. The van der Waals surface area contributed by atoms with Crippen molar-refractivity contribution < 1.29 is 4.74 Å². The standard InChI is InChI=1S/C14H18O/c1-10-7-8-12-13(9-10)14(12)15-11-5-3-2-4-6-11/h7-9,11,14H,2-6H2,1H3/t14-/m0/s1. The fraction of sp³-hybridized carbons (Fsp3) is 0.571. The summed E-state index contributed by atoms with van der Waals surface area (Å²) in [6.07, 6.45) is 7.52. The van der Waals surface area contributed by atoms with Gasteiger partial charge in [-0.15, -0.1) is 0 Å². The molecule has 0 heterocycles. The summed E-state index contributed by atoms with van der Waals surface area (Å²) in [5.41, 5.74) is 4.20. The average molecular weight is 202 g/mol. The Morgan fingerprint density at radius 3 is 2.60 bits per heavy atom. The Balaban J connectivity index is 1.63. The van der Waals surface area contributed by atoms with Crippen LogP contribution in [0, 0.1) is 6.92 Å². The molecule has 0 spiro atoms. The van der Waals surface area contributed by atoms with Crippen molar-refractivity contribution in [2.24, 2.45) is 0 Å². The molecule has 0 N–H and O–H groups in total. The van der Waals surface area contributed by atoms with Crippen molar-refractivity contribution in [1.29, 1.82) is 0 Å². The SMILES string of the molecule is Cc1ccc2c(c1)[C@H]2OC1CCCCC1. The predicted molar refractivity (Wildman–Crippen MR) is 61.0 cm³/mol. The summed E-state index contributed by atoms with van der Waals surface area (Å²) in [7, 11) is 0. The molecular weight excluding hydrogens is 184 g/mol. The molecule has 0 aliphatic heterocycles. The molecule has 0 unspecified atom stereocenters. The highest BCUT2D eigenvalue weighted by molar-refractivity contribution is 5.51. The van der Waals surface area contributed by atoms with Crippen LogP contribution in [-0.2, 0) is 4.74 Å². The Hall–Kier alpha value is -0.820. The molecule has 15 heavy (non-hydrogen) atoms. The molecule has 1 nitrogen and oxygen atoms in total. The van der Waals surface area contributed by atoms with E-state index in [2.05, 4.69) is 25.1 Å². The number of rotatable bonds is 2. The van der Waals surface area contributed by atoms with Gasteiger partial charge in [-0.3, -0.25) is 0 Å². The second-order valence-corrected chi connectivity index (χ2v) is 4.91. The van der Waals surface area contributed by atoms with Crippen LogP contribution in [-0.4, -0.2) is 6.10 Å². The molecule has 2 aliphatic carbocycles. The van der Waals surface area contributed by atoms with E-state index < -0.39 is 0 Å². The molecule has 1 heteroatoms. The third-order valence-electron chi connectivity index (χ3n) is 3.60. The lowest BCUT2D eigenvalue weighted by Gasteiger charge is -2.21. The summed E-state index contributed by atoms with van der Waals surface area (Å²) in [6.45, 7) is 2.15. The van der Waals surface area contributed by atoms with E-state index in [1.807, 2.05) is 0 Å². The van der Waals surface area contributed by atoms with Gasteiger partial charge in [0.15, 0.2) is 0 Å². The molecular formula is C14H18O. The maximum Gasteiger partial charge on any atom is 0.109 e. The minimum absolute atomic E-state index is 0.349. The third kappa shape index (κ3) is 1.81. The molecule has 1 aromatic rings. The van der Waals surface area contributed by atoms with Crippen molar-refractivity contribution in [2.75, 3.05) is 0 Å². The molecule has 0 aromatic heterocycles. The zero-order valence-corrected chi connectivity index (χ0v) is 9.33. The van der Waals surface area contributed by atoms with Crippen LogP contribution in [0.4, 0.5) is 0 Å². The summed E-state index contributed by atoms with van der Waals surface area (Å²) >= 11 is 0. The quantitative estimate of drug-likeness (QED) is 0.709. The fourth-order valence-electron chi connectivity index (χ4n) is 2.63. The minimum atomic E-state index is 0.349. The van der Waals surface area contributed by atoms with Gasteiger partial charge in [0.1, 0.15) is 6.10 Å². The first kappa shape index (κ1) is 9.41. The molecule has 1 aromatic carbocycles. The van der Waals surface area contributed by atoms with Gasteiger partial charge in [0, 0.05) is 0 Å². The van der Waals surface area contributed by atoms with E-state index in [1.54, 1.807) is 0 Å². The number of hydrogen-bond acceptors (Lipinski definition) is 1. The predicted octanol–water partition coefficient (Wildman–Crippen LogP) is 3.75. The summed E-state index contributed by atoms with van der Waals surface area (Å²) in [5.74, 6) is 0. The van der Waals surface area contributed by atoms with Gasteiger partial charge in [0.05, 0.1) is 6.10 Å². The number of hydrogen-bond donors (Lipinski definition) is 0. The van der Waals surface area contributed by atoms with Crippen molar-refractivity contribution in [1.82, 2.24) is 0 Å². The van der Waals surface area contributed by atoms with Crippen molar-refractivity contribution >= 4 is 0 Å². The zero-order chi connectivity index (χ0) is 10.3. The third-order valence-corrected chi connectivity index (χ3v) is 3.60. The van der Waals surface area contributed by atoms with E-state index in [9.17, 15) is 0 Å². The van der Waals surface area contributed by atoms with Gasteiger partial charge in [-0.2, -0.15) is 0 Å². The number of benzene rings is 1. The summed E-state index contributed by atoms with van der Waals surface area (Å²) in [6, 6.07) is 6.67. The zero-order valence-electron chi connectivity index (χ0n) is 9.33. The number of ether oxygens (including phenoxy) is 1. The van der Waals surface area contributed by atoms with Crippen molar-refractivity contribution in [3.63, 3.8) is 0 Å². The molecule has 1 fully saturated rings. The van der Waals surface area contributed by atoms with Crippen LogP contribution >= 0.6 is 0 Å². The average Bonchev–Trinajstić information content (AvgIpc) is 2.92. The van der Waals surface area contributed by atoms with Gasteiger partial charge < -0.3 is 4.74 Å². The first-order valence-electron chi connectivity index (χ1n) is 6.10. The van der Waals surface area contributed by atoms with E-state index in [-0.39, 0.29) is 0 Å². The number of fused-ring (bicyclic) bond motifs is 1. The topological polar surface area (TPSA) is 9.23 Å². The largest absolute Gasteiger partial charge is 0.366 e. The maximum absolute atomic E-state index is 6.13. The summed E-state index contributed by atoms with van der Waals surface area (Å²) in [4.78, 5) is 0. The Labute approximate surface area is 91.5 Å². The van der Waals surface area contributed by atoms with Crippen LogP contribution in [0.2, 0.25) is 0 Å². The van der Waals surface area contributed by atoms with Crippen LogP contribution in [0.1, 0.15) is 54.9 Å². The minimum Gasteiger partial charge on any atom is -0.366 e. The Kier molecular flexibility index (Phi) is 2.28. The lowest BCUT2D eigenvalue weighted by atomic mass is 9.98. The monoisotopic (exact) mass is 202 g/mol. The van der Waals surface area contributed by atoms with Crippen LogP contribution in [0.15, 0.2) is 18.2 Å². The maximum atomic E-state index is 6.13. The first-order valence-corrected chi connectivity index (χ1v) is 6.10. The lowest BCUT2D eigenvalue weighted by molar-refractivity contribution is 0.00900. The lowest BCUT2D eigenvalue weighted by Crippen LogP contribution is -2.15. The van der Waals surface area contributed by atoms with Crippen LogP contribution in [0.3, 0.4) is 0 Å². The Morgan fingerprint density at radius 1 is 1.07 bits per heavy atom. The molecule has 2 aliphatic rings. The number of aryl methyl sites for hydroxylation is 1. The van der Waals surface area contributed by atoms with Crippen molar-refractivity contribution in [3.05, 3.63) is 34.9 Å². The highest BCUT2D eigenvalue weighted by atomic mass is 16.5. The van der Waals surface area contributed by atoms with E-state index in [0.717, 1.165) is 0 Å². The molecule has 0 amide bonds. The first-order chi connectivity index (χ1) is 7.34. The summed E-state index contributed by atoms with van der Waals surface area (Å²) in [5, 5.41) is 0. The molecule has 0 bridgehead atoms. The van der Waals surface area contributed by atoms with Gasteiger partial charge in [0.2, 0.25) is 0 Å². The van der Waals surface area contributed by atoms with Crippen LogP contribution < -0.4 is 0 Å². The molecule has 1 atom stereocenters. The molecule has 1 saturated carbocycles. The van der Waals surface area contributed by atoms with Crippen molar-refractivity contribution in [2.45, 2.75) is 51.2 Å².